The second-order valence-corrected chi connectivity index (χ2v) is 9.29. The minimum atomic E-state index is -0.119. The highest BCUT2D eigenvalue weighted by molar-refractivity contribution is 6.11. The van der Waals surface area contributed by atoms with E-state index in [2.05, 4.69) is 15.1 Å². The molecule has 1 aliphatic rings. The zero-order valence-electron chi connectivity index (χ0n) is 21.7. The fourth-order valence-corrected chi connectivity index (χ4v) is 5.00. The number of nitrogens with zero attached hydrogens (tertiary/aromatic N) is 5. The quantitative estimate of drug-likeness (QED) is 0.413. The van der Waals surface area contributed by atoms with Crippen molar-refractivity contribution in [3.05, 3.63) is 84.1 Å². The van der Waals surface area contributed by atoms with Gasteiger partial charge < -0.3 is 19.8 Å². The van der Waals surface area contributed by atoms with Crippen molar-refractivity contribution >= 4 is 28.4 Å². The first-order chi connectivity index (χ1) is 18.5. The first kappa shape index (κ1) is 25.2. The van der Waals surface area contributed by atoms with Gasteiger partial charge in [-0.3, -0.25) is 9.59 Å². The SMILES string of the molecule is CCN(CC)C(=O)c1ccc(N2CCN(C(=O)c3ccc(-c4cccc(O)c4)c4ccccc34)CC2)nn1. The van der Waals surface area contributed by atoms with Crippen molar-refractivity contribution in [3.8, 4) is 16.9 Å². The van der Waals surface area contributed by atoms with Gasteiger partial charge in [0.2, 0.25) is 0 Å². The van der Waals surface area contributed by atoms with Crippen LogP contribution >= 0.6 is 0 Å². The summed E-state index contributed by atoms with van der Waals surface area (Å²) in [6.07, 6.45) is 0. The predicted octanol–water partition coefficient (Wildman–Crippen LogP) is 4.45. The van der Waals surface area contributed by atoms with E-state index in [1.165, 1.54) is 0 Å². The minimum Gasteiger partial charge on any atom is -0.508 e. The van der Waals surface area contributed by atoms with Crippen molar-refractivity contribution in [2.75, 3.05) is 44.2 Å². The molecule has 0 aliphatic carbocycles. The number of benzene rings is 3. The number of hydrogen-bond acceptors (Lipinski definition) is 6. The third kappa shape index (κ3) is 4.89. The smallest absolute Gasteiger partial charge is 0.274 e. The Morgan fingerprint density at radius 2 is 1.58 bits per heavy atom. The maximum atomic E-state index is 13.6. The average Bonchev–Trinajstić information content (AvgIpc) is 2.97. The van der Waals surface area contributed by atoms with Gasteiger partial charge in [0.05, 0.1) is 0 Å². The fourth-order valence-electron chi connectivity index (χ4n) is 5.00. The first-order valence-corrected chi connectivity index (χ1v) is 13.0. The highest BCUT2D eigenvalue weighted by Crippen LogP contribution is 2.33. The van der Waals surface area contributed by atoms with Crippen LogP contribution in [0.2, 0.25) is 0 Å². The number of phenols is 1. The minimum absolute atomic E-state index is 0.00504. The van der Waals surface area contributed by atoms with Crippen molar-refractivity contribution in [2.45, 2.75) is 13.8 Å². The van der Waals surface area contributed by atoms with Crippen LogP contribution in [-0.4, -0.2) is 76.2 Å². The summed E-state index contributed by atoms with van der Waals surface area (Å²) in [5, 5.41) is 20.3. The third-order valence-corrected chi connectivity index (χ3v) is 7.12. The van der Waals surface area contributed by atoms with Crippen LogP contribution in [0.3, 0.4) is 0 Å². The van der Waals surface area contributed by atoms with Gasteiger partial charge in [-0.25, -0.2) is 0 Å². The number of carbonyl (C=O) groups is 2. The predicted molar refractivity (Wildman–Crippen MR) is 148 cm³/mol. The number of amides is 2. The molecule has 1 fully saturated rings. The van der Waals surface area contributed by atoms with Gasteiger partial charge in [-0.2, -0.15) is 0 Å². The van der Waals surface area contributed by atoms with Crippen LogP contribution in [0.25, 0.3) is 21.9 Å². The van der Waals surface area contributed by atoms with Crippen LogP contribution in [0.15, 0.2) is 72.8 Å². The lowest BCUT2D eigenvalue weighted by Crippen LogP contribution is -2.49. The Balaban J connectivity index is 1.31. The van der Waals surface area contributed by atoms with Gasteiger partial charge >= 0.3 is 0 Å². The van der Waals surface area contributed by atoms with Crippen molar-refractivity contribution < 1.29 is 14.7 Å². The van der Waals surface area contributed by atoms with E-state index in [0.29, 0.717) is 56.3 Å². The Hall–Kier alpha value is -4.46. The fraction of sp³-hybridized carbons (Fsp3) is 0.267. The van der Waals surface area contributed by atoms with Crippen LogP contribution < -0.4 is 4.90 Å². The average molecular weight is 510 g/mol. The second kappa shape index (κ2) is 10.9. The molecule has 5 rings (SSSR count). The Morgan fingerprint density at radius 3 is 2.24 bits per heavy atom. The van der Waals surface area contributed by atoms with Crippen molar-refractivity contribution in [3.63, 3.8) is 0 Å². The van der Waals surface area contributed by atoms with Crippen LogP contribution in [0.1, 0.15) is 34.7 Å². The first-order valence-electron chi connectivity index (χ1n) is 13.0. The van der Waals surface area contributed by atoms with Gasteiger partial charge in [-0.1, -0.05) is 42.5 Å². The number of fused-ring (bicyclic) bond motifs is 1. The number of phenolic OH excluding ortho intramolecular Hbond substituents is 1. The maximum Gasteiger partial charge on any atom is 0.274 e. The summed E-state index contributed by atoms with van der Waals surface area (Å²) in [4.78, 5) is 31.8. The molecule has 0 radical (unpaired) electrons. The summed E-state index contributed by atoms with van der Waals surface area (Å²) in [7, 11) is 0. The van der Waals surface area contributed by atoms with Crippen LogP contribution in [-0.2, 0) is 0 Å². The molecular formula is C30H31N5O3. The summed E-state index contributed by atoms with van der Waals surface area (Å²) < 4.78 is 0. The summed E-state index contributed by atoms with van der Waals surface area (Å²) >= 11 is 0. The number of carbonyl (C=O) groups excluding carboxylic acids is 2. The zero-order valence-corrected chi connectivity index (χ0v) is 21.7. The molecule has 8 nitrogen and oxygen atoms in total. The number of aromatic hydroxyl groups is 1. The molecule has 0 saturated carbocycles. The van der Waals surface area contributed by atoms with Crippen molar-refractivity contribution in [1.82, 2.24) is 20.0 Å². The summed E-state index contributed by atoms with van der Waals surface area (Å²) in [5.41, 5.74) is 2.88. The lowest BCUT2D eigenvalue weighted by molar-refractivity contribution is 0.0744. The lowest BCUT2D eigenvalue weighted by atomic mass is 9.94. The van der Waals surface area contributed by atoms with E-state index in [1.807, 2.05) is 73.3 Å². The molecule has 3 aromatic carbocycles. The molecule has 8 heteroatoms. The maximum absolute atomic E-state index is 13.6. The molecular weight excluding hydrogens is 478 g/mol. The highest BCUT2D eigenvalue weighted by atomic mass is 16.3. The van der Waals surface area contributed by atoms with Gasteiger partial charge in [0.15, 0.2) is 11.5 Å². The van der Waals surface area contributed by atoms with Crippen LogP contribution in [0.4, 0.5) is 5.82 Å². The zero-order chi connectivity index (χ0) is 26.6. The van der Waals surface area contributed by atoms with E-state index in [0.717, 1.165) is 21.9 Å². The number of rotatable bonds is 6. The summed E-state index contributed by atoms with van der Waals surface area (Å²) in [6, 6.07) is 22.4. The second-order valence-electron chi connectivity index (χ2n) is 9.29. The molecule has 0 bridgehead atoms. The largest absolute Gasteiger partial charge is 0.508 e. The topological polar surface area (TPSA) is 89.9 Å². The van der Waals surface area contributed by atoms with Gasteiger partial charge in [-0.05, 0) is 66.1 Å². The molecule has 38 heavy (non-hydrogen) atoms. The van der Waals surface area contributed by atoms with Gasteiger partial charge in [0, 0.05) is 44.8 Å². The molecule has 0 atom stereocenters. The third-order valence-electron chi connectivity index (χ3n) is 7.12. The molecule has 2 amide bonds. The van der Waals surface area contributed by atoms with Crippen LogP contribution in [0, 0.1) is 0 Å². The molecule has 2 heterocycles. The summed E-state index contributed by atoms with van der Waals surface area (Å²) in [6.45, 7) is 7.51. The lowest BCUT2D eigenvalue weighted by Gasteiger charge is -2.35. The van der Waals surface area contributed by atoms with Crippen molar-refractivity contribution in [1.29, 1.82) is 0 Å². The van der Waals surface area contributed by atoms with Crippen molar-refractivity contribution in [2.24, 2.45) is 0 Å². The molecule has 0 spiro atoms. The number of aromatic nitrogens is 2. The van der Waals surface area contributed by atoms with E-state index >= 15 is 0 Å². The molecule has 194 valence electrons. The number of anilines is 1. The Bertz CT molecular complexity index is 1460. The normalized spacial score (nSPS) is 13.5. The van der Waals surface area contributed by atoms with E-state index in [-0.39, 0.29) is 17.6 Å². The van der Waals surface area contributed by atoms with Gasteiger partial charge in [0.1, 0.15) is 5.75 Å². The van der Waals surface area contributed by atoms with E-state index in [9.17, 15) is 14.7 Å². The van der Waals surface area contributed by atoms with E-state index in [1.54, 1.807) is 23.1 Å². The van der Waals surface area contributed by atoms with Gasteiger partial charge in [-0.15, -0.1) is 10.2 Å². The Kier molecular flexibility index (Phi) is 7.22. The monoisotopic (exact) mass is 509 g/mol. The Morgan fingerprint density at radius 1 is 0.842 bits per heavy atom. The molecule has 4 aromatic rings. The van der Waals surface area contributed by atoms with E-state index in [4.69, 9.17) is 0 Å². The van der Waals surface area contributed by atoms with Crippen LogP contribution in [0.5, 0.6) is 5.75 Å². The highest BCUT2D eigenvalue weighted by Gasteiger charge is 2.25. The molecule has 1 aliphatic heterocycles. The number of hydrogen-bond donors (Lipinski definition) is 1. The molecule has 0 unspecified atom stereocenters. The molecule has 1 aromatic heterocycles. The summed E-state index contributed by atoms with van der Waals surface area (Å²) in [5.74, 6) is 0.787. The Labute approximate surface area is 222 Å². The molecule has 1 saturated heterocycles. The van der Waals surface area contributed by atoms with E-state index < -0.39 is 0 Å². The standard InChI is InChI=1S/C30H31N5O3/c1-3-33(4-2)30(38)27-14-15-28(32-31-27)34-16-18-35(19-17-34)29(37)26-13-12-23(21-8-7-9-22(36)20-21)24-10-5-6-11-25(24)26/h5-15,20,36H,3-4,16-19H2,1-2H3. The van der Waals surface area contributed by atoms with Gasteiger partial charge in [0.25, 0.3) is 11.8 Å². The number of piperazine rings is 1. The molecule has 1 N–H and O–H groups in total.